The van der Waals surface area contributed by atoms with Crippen LogP contribution in [0.3, 0.4) is 0 Å². The van der Waals surface area contributed by atoms with E-state index in [1.54, 1.807) is 14.5 Å². The van der Waals surface area contributed by atoms with Crippen LogP contribution >= 0.6 is 0 Å². The monoisotopic (exact) mass is 281 g/mol. The van der Waals surface area contributed by atoms with E-state index >= 15 is 0 Å². The van der Waals surface area contributed by atoms with Gasteiger partial charge in [-0.2, -0.15) is 5.10 Å². The predicted molar refractivity (Wildman–Crippen MR) is 72.5 cm³/mol. The molecule has 1 saturated heterocycles. The Morgan fingerprint density at radius 2 is 1.85 bits per heavy atom. The first-order chi connectivity index (χ1) is 9.51. The number of hydrogen-bond acceptors (Lipinski definition) is 4. The standard InChI is InChI=1S/C12H19N5O3/c1-9-8-10(14-15(9)2)13-11(18)16-4-6-17(7-5-16)12(19)20-3/h8H,4-7H2,1-3H3,(H,13,14,18). The van der Waals surface area contributed by atoms with Gasteiger partial charge in [0.15, 0.2) is 5.82 Å². The van der Waals surface area contributed by atoms with E-state index in [2.05, 4.69) is 15.2 Å². The van der Waals surface area contributed by atoms with Crippen LogP contribution in [-0.2, 0) is 11.8 Å². The van der Waals surface area contributed by atoms with E-state index in [4.69, 9.17) is 0 Å². The number of piperazine rings is 1. The summed E-state index contributed by atoms with van der Waals surface area (Å²) in [6.45, 7) is 3.82. The molecular formula is C12H19N5O3. The van der Waals surface area contributed by atoms with Gasteiger partial charge in [-0.05, 0) is 6.92 Å². The van der Waals surface area contributed by atoms with Gasteiger partial charge in [0.2, 0.25) is 0 Å². The Morgan fingerprint density at radius 3 is 2.35 bits per heavy atom. The molecule has 8 nitrogen and oxygen atoms in total. The van der Waals surface area contributed by atoms with Crippen molar-refractivity contribution in [2.75, 3.05) is 38.6 Å². The molecule has 1 aromatic rings. The van der Waals surface area contributed by atoms with Crippen molar-refractivity contribution in [3.8, 4) is 0 Å². The summed E-state index contributed by atoms with van der Waals surface area (Å²) in [6, 6.07) is 1.61. The van der Waals surface area contributed by atoms with Crippen LogP contribution < -0.4 is 5.32 Å². The summed E-state index contributed by atoms with van der Waals surface area (Å²) in [5.41, 5.74) is 0.968. The van der Waals surface area contributed by atoms with E-state index in [0.717, 1.165) is 5.69 Å². The minimum atomic E-state index is -0.356. The number of hydrogen-bond donors (Lipinski definition) is 1. The largest absolute Gasteiger partial charge is 0.453 e. The van der Waals surface area contributed by atoms with Gasteiger partial charge >= 0.3 is 12.1 Å². The number of carbonyl (C=O) groups is 2. The lowest BCUT2D eigenvalue weighted by molar-refractivity contribution is 0.0992. The van der Waals surface area contributed by atoms with Crippen molar-refractivity contribution < 1.29 is 14.3 Å². The topological polar surface area (TPSA) is 79.7 Å². The highest BCUT2D eigenvalue weighted by Gasteiger charge is 2.24. The number of nitrogens with zero attached hydrogens (tertiary/aromatic N) is 4. The maximum Gasteiger partial charge on any atom is 0.409 e. The molecule has 8 heteroatoms. The molecule has 20 heavy (non-hydrogen) atoms. The van der Waals surface area contributed by atoms with Gasteiger partial charge in [-0.25, -0.2) is 9.59 Å². The molecule has 0 aromatic carbocycles. The Bertz CT molecular complexity index is 486. The molecule has 0 unspecified atom stereocenters. The summed E-state index contributed by atoms with van der Waals surface area (Å²) in [6.07, 6.45) is -0.356. The smallest absolute Gasteiger partial charge is 0.409 e. The Kier molecular flexibility index (Phi) is 4.11. The Hall–Kier alpha value is -2.25. The van der Waals surface area contributed by atoms with E-state index < -0.39 is 0 Å². The summed E-state index contributed by atoms with van der Waals surface area (Å²) < 4.78 is 6.35. The highest BCUT2D eigenvalue weighted by atomic mass is 16.5. The minimum absolute atomic E-state index is 0.201. The Balaban J connectivity index is 1.87. The van der Waals surface area contributed by atoms with E-state index in [1.165, 1.54) is 7.11 Å². The number of urea groups is 1. The zero-order chi connectivity index (χ0) is 14.7. The van der Waals surface area contributed by atoms with Crippen molar-refractivity contribution >= 4 is 17.9 Å². The van der Waals surface area contributed by atoms with Crippen LogP contribution in [-0.4, -0.2) is 65.0 Å². The molecule has 0 bridgehead atoms. The molecule has 1 aliphatic rings. The van der Waals surface area contributed by atoms with Crippen LogP contribution in [0.15, 0.2) is 6.07 Å². The average Bonchev–Trinajstić information content (AvgIpc) is 2.76. The molecule has 1 fully saturated rings. The average molecular weight is 281 g/mol. The van der Waals surface area contributed by atoms with Crippen molar-refractivity contribution in [3.05, 3.63) is 11.8 Å². The second-order valence-electron chi connectivity index (χ2n) is 4.67. The number of carbonyl (C=O) groups excluding carboxylic acids is 2. The SMILES string of the molecule is COC(=O)N1CCN(C(=O)Nc2cc(C)n(C)n2)CC1. The minimum Gasteiger partial charge on any atom is -0.453 e. The number of aromatic nitrogens is 2. The third-order valence-corrected chi connectivity index (χ3v) is 3.35. The molecule has 2 heterocycles. The molecule has 0 saturated carbocycles. The van der Waals surface area contributed by atoms with Crippen molar-refractivity contribution in [1.82, 2.24) is 19.6 Å². The van der Waals surface area contributed by atoms with Gasteiger partial charge in [0, 0.05) is 45.0 Å². The molecule has 0 aliphatic carbocycles. The number of amides is 3. The van der Waals surface area contributed by atoms with Crippen LogP contribution in [0, 0.1) is 6.92 Å². The summed E-state index contributed by atoms with van der Waals surface area (Å²) >= 11 is 0. The highest BCUT2D eigenvalue weighted by Crippen LogP contribution is 2.09. The molecule has 3 amide bonds. The quantitative estimate of drug-likeness (QED) is 0.819. The van der Waals surface area contributed by atoms with Crippen LogP contribution in [0.25, 0.3) is 0 Å². The van der Waals surface area contributed by atoms with E-state index in [-0.39, 0.29) is 12.1 Å². The fourth-order valence-corrected chi connectivity index (χ4v) is 2.03. The third kappa shape index (κ3) is 3.01. The maximum absolute atomic E-state index is 12.1. The van der Waals surface area contributed by atoms with Gasteiger partial charge in [-0.15, -0.1) is 0 Å². The summed E-state index contributed by atoms with van der Waals surface area (Å²) in [5.74, 6) is 0.533. The lowest BCUT2D eigenvalue weighted by Gasteiger charge is -2.33. The molecule has 1 N–H and O–H groups in total. The fourth-order valence-electron chi connectivity index (χ4n) is 2.03. The van der Waals surface area contributed by atoms with Crippen LogP contribution in [0.1, 0.15) is 5.69 Å². The number of methoxy groups -OCH3 is 1. The molecule has 0 atom stereocenters. The lowest BCUT2D eigenvalue weighted by Crippen LogP contribution is -2.51. The van der Waals surface area contributed by atoms with Crippen molar-refractivity contribution in [2.24, 2.45) is 7.05 Å². The summed E-state index contributed by atoms with van der Waals surface area (Å²) in [4.78, 5) is 26.6. The molecule has 1 aliphatic heterocycles. The van der Waals surface area contributed by atoms with Crippen molar-refractivity contribution in [1.29, 1.82) is 0 Å². The van der Waals surface area contributed by atoms with Gasteiger partial charge in [-0.3, -0.25) is 10.00 Å². The van der Waals surface area contributed by atoms with Gasteiger partial charge in [0.1, 0.15) is 0 Å². The van der Waals surface area contributed by atoms with Crippen molar-refractivity contribution in [3.63, 3.8) is 0 Å². The first-order valence-electron chi connectivity index (χ1n) is 6.40. The Morgan fingerprint density at radius 1 is 1.25 bits per heavy atom. The molecule has 2 rings (SSSR count). The van der Waals surface area contributed by atoms with E-state index in [1.807, 2.05) is 20.0 Å². The fraction of sp³-hybridized carbons (Fsp3) is 0.583. The number of rotatable bonds is 1. The van der Waals surface area contributed by atoms with Crippen molar-refractivity contribution in [2.45, 2.75) is 6.92 Å². The number of anilines is 1. The zero-order valence-corrected chi connectivity index (χ0v) is 11.9. The molecule has 0 spiro atoms. The van der Waals surface area contributed by atoms with E-state index in [0.29, 0.717) is 32.0 Å². The van der Waals surface area contributed by atoms with Crippen LogP contribution in [0.4, 0.5) is 15.4 Å². The molecule has 1 aromatic heterocycles. The molecule has 110 valence electrons. The van der Waals surface area contributed by atoms with E-state index in [9.17, 15) is 9.59 Å². The van der Waals surface area contributed by atoms with Crippen LogP contribution in [0.5, 0.6) is 0 Å². The molecular weight excluding hydrogens is 262 g/mol. The maximum atomic E-state index is 12.1. The second-order valence-corrected chi connectivity index (χ2v) is 4.67. The summed E-state index contributed by atoms with van der Waals surface area (Å²) in [5, 5.41) is 6.93. The predicted octanol–water partition coefficient (Wildman–Crippen LogP) is 0.644. The third-order valence-electron chi connectivity index (χ3n) is 3.35. The Labute approximate surface area is 117 Å². The highest BCUT2D eigenvalue weighted by molar-refractivity contribution is 5.88. The zero-order valence-electron chi connectivity index (χ0n) is 11.9. The van der Waals surface area contributed by atoms with Crippen LogP contribution in [0.2, 0.25) is 0 Å². The first-order valence-corrected chi connectivity index (χ1v) is 6.40. The van der Waals surface area contributed by atoms with Gasteiger partial charge in [-0.1, -0.05) is 0 Å². The second kappa shape index (κ2) is 5.81. The van der Waals surface area contributed by atoms with Gasteiger partial charge < -0.3 is 14.5 Å². The number of nitrogens with one attached hydrogen (secondary N) is 1. The van der Waals surface area contributed by atoms with Gasteiger partial charge in [0.05, 0.1) is 7.11 Å². The first kappa shape index (κ1) is 14.2. The number of aryl methyl sites for hydroxylation is 2. The van der Waals surface area contributed by atoms with Gasteiger partial charge in [0.25, 0.3) is 0 Å². The normalized spacial score (nSPS) is 15.2. The lowest BCUT2D eigenvalue weighted by atomic mass is 10.3. The number of ether oxygens (including phenoxy) is 1. The molecule has 0 radical (unpaired) electrons. The summed E-state index contributed by atoms with van der Waals surface area (Å²) in [7, 11) is 3.17.